The van der Waals surface area contributed by atoms with E-state index < -0.39 is 32.0 Å². The smallest absolute Gasteiger partial charge is 0.407 e. The van der Waals surface area contributed by atoms with Crippen molar-refractivity contribution >= 4 is 20.4 Å². The summed E-state index contributed by atoms with van der Waals surface area (Å²) in [6.07, 6.45) is -0.610. The number of rotatable bonds is 7. The molecule has 0 aromatic heterocycles. The lowest BCUT2D eigenvalue weighted by molar-refractivity contribution is -0.143. The third-order valence-electron chi connectivity index (χ3n) is 5.51. The quantitative estimate of drug-likeness (QED) is 0.501. The van der Waals surface area contributed by atoms with Crippen LogP contribution in [0.3, 0.4) is 0 Å². The van der Waals surface area contributed by atoms with E-state index in [1.807, 2.05) is 0 Å². The lowest BCUT2D eigenvalue weighted by atomic mass is 10.1. The van der Waals surface area contributed by atoms with Gasteiger partial charge in [0.2, 0.25) is 0 Å². The zero-order valence-electron chi connectivity index (χ0n) is 18.2. The highest BCUT2D eigenvalue weighted by Crippen LogP contribution is 2.50. The second-order valence-electron chi connectivity index (χ2n) is 9.80. The molecule has 1 saturated carbocycles. The molecular formula is C19H37NO6Si. The third-order valence-corrected chi connectivity index (χ3v) is 10.0. The van der Waals surface area contributed by atoms with Gasteiger partial charge in [0.1, 0.15) is 5.60 Å². The maximum Gasteiger partial charge on any atom is 0.407 e. The molecule has 0 heterocycles. The first kappa shape index (κ1) is 23.9. The highest BCUT2D eigenvalue weighted by atomic mass is 28.4. The number of amides is 1. The normalized spacial score (nSPS) is 24.1. The first-order valence-corrected chi connectivity index (χ1v) is 12.4. The van der Waals surface area contributed by atoms with Crippen molar-refractivity contribution in [2.75, 3.05) is 20.3 Å². The number of ether oxygens (including phenoxy) is 2. The summed E-state index contributed by atoms with van der Waals surface area (Å²) in [5.74, 6) is -1.07. The van der Waals surface area contributed by atoms with Gasteiger partial charge < -0.3 is 24.3 Å². The number of methoxy groups -OCH3 is 1. The first-order valence-electron chi connectivity index (χ1n) is 9.47. The minimum Gasteiger partial charge on any atom is -0.469 e. The molecule has 0 bridgehead atoms. The Morgan fingerprint density at radius 2 is 1.70 bits per heavy atom. The Kier molecular flexibility index (Phi) is 7.52. The number of alkyl carbamates (subject to hydrolysis) is 1. The molecule has 4 atom stereocenters. The second-order valence-corrected chi connectivity index (χ2v) is 14.6. The Labute approximate surface area is 164 Å². The van der Waals surface area contributed by atoms with Gasteiger partial charge in [0.25, 0.3) is 0 Å². The van der Waals surface area contributed by atoms with E-state index in [9.17, 15) is 14.7 Å². The molecule has 158 valence electrons. The summed E-state index contributed by atoms with van der Waals surface area (Å²) in [6, 6.07) is -0.586. The molecule has 2 N–H and O–H groups in total. The van der Waals surface area contributed by atoms with Crippen LogP contribution in [-0.4, -0.2) is 57.5 Å². The van der Waals surface area contributed by atoms with Crippen LogP contribution in [0.15, 0.2) is 0 Å². The van der Waals surface area contributed by atoms with Crippen molar-refractivity contribution < 1.29 is 28.6 Å². The molecule has 1 aliphatic rings. The standard InChI is InChI=1S/C19H37NO6Si/c1-18(2,3)26-17(23)20-13(10-21)14-12(15(14)16(22)24-7)11-25-27(8,9)19(4,5)6/h12-15,21H,10-11H2,1-9H3,(H,20,23)/t12?,13-,14-,15-/m1/s1. The summed E-state index contributed by atoms with van der Waals surface area (Å²) in [5.41, 5.74) is -0.639. The highest BCUT2D eigenvalue weighted by Gasteiger charge is 2.59. The minimum atomic E-state index is -1.97. The molecule has 0 aromatic carbocycles. The van der Waals surface area contributed by atoms with Crippen LogP contribution in [0.2, 0.25) is 18.1 Å². The van der Waals surface area contributed by atoms with Gasteiger partial charge in [-0.05, 0) is 38.9 Å². The topological polar surface area (TPSA) is 94.1 Å². The summed E-state index contributed by atoms with van der Waals surface area (Å²) in [6.45, 7) is 16.2. The predicted molar refractivity (Wildman–Crippen MR) is 106 cm³/mol. The molecular weight excluding hydrogens is 366 g/mol. The van der Waals surface area contributed by atoms with Gasteiger partial charge in [0.05, 0.1) is 25.7 Å². The number of esters is 1. The number of hydrogen-bond donors (Lipinski definition) is 2. The summed E-state index contributed by atoms with van der Waals surface area (Å²) in [4.78, 5) is 24.2. The number of aliphatic hydroxyl groups is 1. The number of hydrogen-bond acceptors (Lipinski definition) is 6. The Morgan fingerprint density at radius 3 is 2.11 bits per heavy atom. The summed E-state index contributed by atoms with van der Waals surface area (Å²) in [7, 11) is -0.621. The van der Waals surface area contributed by atoms with E-state index in [4.69, 9.17) is 13.9 Å². The summed E-state index contributed by atoms with van der Waals surface area (Å²) in [5, 5.41) is 12.5. The number of carbonyl (C=O) groups is 2. The van der Waals surface area contributed by atoms with Crippen LogP contribution in [0, 0.1) is 17.8 Å². The van der Waals surface area contributed by atoms with Crippen molar-refractivity contribution in [1.82, 2.24) is 5.32 Å². The zero-order chi connectivity index (χ0) is 21.2. The van der Waals surface area contributed by atoms with Gasteiger partial charge in [-0.2, -0.15) is 0 Å². The Hall–Kier alpha value is -1.12. The van der Waals surface area contributed by atoms with Crippen LogP contribution in [0.5, 0.6) is 0 Å². The molecule has 1 aliphatic carbocycles. The van der Waals surface area contributed by atoms with E-state index in [-0.39, 0.29) is 29.5 Å². The molecule has 8 heteroatoms. The van der Waals surface area contributed by atoms with Crippen LogP contribution >= 0.6 is 0 Å². The molecule has 1 amide bonds. The van der Waals surface area contributed by atoms with Crippen molar-refractivity contribution in [2.24, 2.45) is 17.8 Å². The lowest BCUT2D eigenvalue weighted by Gasteiger charge is -2.36. The van der Waals surface area contributed by atoms with Gasteiger partial charge in [0, 0.05) is 18.4 Å². The van der Waals surface area contributed by atoms with Gasteiger partial charge in [-0.3, -0.25) is 4.79 Å². The van der Waals surface area contributed by atoms with Gasteiger partial charge in [-0.1, -0.05) is 20.8 Å². The van der Waals surface area contributed by atoms with Crippen molar-refractivity contribution in [3.63, 3.8) is 0 Å². The predicted octanol–water partition coefficient (Wildman–Crippen LogP) is 2.93. The van der Waals surface area contributed by atoms with E-state index in [1.165, 1.54) is 7.11 Å². The van der Waals surface area contributed by atoms with Crippen molar-refractivity contribution in [2.45, 2.75) is 71.3 Å². The fraction of sp³-hybridized carbons (Fsp3) is 0.895. The monoisotopic (exact) mass is 403 g/mol. The Bertz CT molecular complexity index is 537. The maximum atomic E-state index is 12.2. The van der Waals surface area contributed by atoms with E-state index in [1.54, 1.807) is 20.8 Å². The summed E-state index contributed by atoms with van der Waals surface area (Å²) < 4.78 is 16.4. The van der Waals surface area contributed by atoms with Crippen LogP contribution in [0.25, 0.3) is 0 Å². The molecule has 1 fully saturated rings. The number of carbonyl (C=O) groups excluding carboxylic acids is 2. The van der Waals surface area contributed by atoms with Crippen molar-refractivity contribution in [1.29, 1.82) is 0 Å². The molecule has 0 spiro atoms. The first-order chi connectivity index (χ1) is 12.1. The molecule has 7 nitrogen and oxygen atoms in total. The fourth-order valence-electron chi connectivity index (χ4n) is 2.88. The molecule has 0 aliphatic heterocycles. The molecule has 27 heavy (non-hydrogen) atoms. The van der Waals surface area contributed by atoms with Crippen LogP contribution in [0.1, 0.15) is 41.5 Å². The van der Waals surface area contributed by atoms with Crippen molar-refractivity contribution in [3.05, 3.63) is 0 Å². The van der Waals surface area contributed by atoms with Gasteiger partial charge in [-0.15, -0.1) is 0 Å². The highest BCUT2D eigenvalue weighted by molar-refractivity contribution is 6.74. The Morgan fingerprint density at radius 1 is 1.15 bits per heavy atom. The zero-order valence-corrected chi connectivity index (χ0v) is 19.2. The summed E-state index contributed by atoms with van der Waals surface area (Å²) >= 11 is 0. The molecule has 0 saturated heterocycles. The molecule has 1 rings (SSSR count). The van der Waals surface area contributed by atoms with Gasteiger partial charge in [-0.25, -0.2) is 4.79 Å². The molecule has 0 aromatic rings. The largest absolute Gasteiger partial charge is 0.469 e. The Balaban J connectivity index is 2.82. The third kappa shape index (κ3) is 6.46. The average molecular weight is 404 g/mol. The van der Waals surface area contributed by atoms with Gasteiger partial charge in [0.15, 0.2) is 8.32 Å². The van der Waals surface area contributed by atoms with E-state index in [0.717, 1.165) is 0 Å². The van der Waals surface area contributed by atoms with E-state index in [2.05, 4.69) is 39.2 Å². The van der Waals surface area contributed by atoms with Gasteiger partial charge >= 0.3 is 12.1 Å². The SMILES string of the molecule is COC(=O)[C@@H]1C(CO[Si](C)(C)C(C)(C)C)[C@@H]1[C@@H](CO)NC(=O)OC(C)(C)C. The maximum absolute atomic E-state index is 12.2. The number of aliphatic hydroxyl groups excluding tert-OH is 1. The van der Waals surface area contributed by atoms with E-state index in [0.29, 0.717) is 6.61 Å². The van der Waals surface area contributed by atoms with Crippen LogP contribution in [-0.2, 0) is 18.7 Å². The average Bonchev–Trinajstić information content (AvgIpc) is 3.21. The fourth-order valence-corrected chi connectivity index (χ4v) is 3.92. The van der Waals surface area contributed by atoms with Crippen LogP contribution in [0.4, 0.5) is 4.79 Å². The second kappa shape index (κ2) is 8.49. The number of nitrogens with one attached hydrogen (secondary N) is 1. The van der Waals surface area contributed by atoms with Crippen LogP contribution < -0.4 is 5.32 Å². The van der Waals surface area contributed by atoms with Crippen molar-refractivity contribution in [3.8, 4) is 0 Å². The molecule has 1 unspecified atom stereocenters. The minimum absolute atomic E-state index is 0.0588. The lowest BCUT2D eigenvalue weighted by Crippen LogP contribution is -2.43. The van der Waals surface area contributed by atoms with E-state index >= 15 is 0 Å². The molecule has 0 radical (unpaired) electrons.